The Morgan fingerprint density at radius 2 is 2.35 bits per heavy atom. The summed E-state index contributed by atoms with van der Waals surface area (Å²) in [6.45, 7) is 4.44. The van der Waals surface area contributed by atoms with E-state index in [0.717, 1.165) is 0 Å². The van der Waals surface area contributed by atoms with E-state index < -0.39 is 5.97 Å². The number of aliphatic carboxylic acids is 1. The van der Waals surface area contributed by atoms with Gasteiger partial charge in [-0.2, -0.15) is 5.26 Å². The highest BCUT2D eigenvalue weighted by Crippen LogP contribution is 2.18. The second-order valence-electron chi connectivity index (χ2n) is 4.15. The fraction of sp³-hybridized carbons (Fsp3) is 0.417. The van der Waals surface area contributed by atoms with E-state index in [1.165, 1.54) is 6.20 Å². The van der Waals surface area contributed by atoms with Crippen molar-refractivity contribution < 1.29 is 9.90 Å². The Labute approximate surface area is 100 Å². The summed E-state index contributed by atoms with van der Waals surface area (Å²) in [6, 6.07) is 5.40. The van der Waals surface area contributed by atoms with E-state index in [2.05, 4.69) is 4.98 Å². The Hall–Kier alpha value is -2.09. The number of carbonyl (C=O) groups is 1. The Morgan fingerprint density at radius 3 is 2.88 bits per heavy atom. The Morgan fingerprint density at radius 1 is 1.65 bits per heavy atom. The zero-order valence-electron chi connectivity index (χ0n) is 9.92. The number of hydrogen-bond donors (Lipinski definition) is 1. The van der Waals surface area contributed by atoms with Crippen LogP contribution in [0.15, 0.2) is 18.3 Å². The van der Waals surface area contributed by atoms with E-state index in [1.807, 2.05) is 19.9 Å². The average molecular weight is 233 g/mol. The maximum atomic E-state index is 10.8. The van der Waals surface area contributed by atoms with Crippen LogP contribution in [0.5, 0.6) is 0 Å². The van der Waals surface area contributed by atoms with Crippen molar-refractivity contribution in [2.45, 2.75) is 13.8 Å². The van der Waals surface area contributed by atoms with Crippen molar-refractivity contribution in [2.75, 3.05) is 18.0 Å². The summed E-state index contributed by atoms with van der Waals surface area (Å²) in [5.74, 6) is -0.612. The SMILES string of the molecule is CC(C)CN(CC(=O)O)c1cccnc1C#N. The van der Waals surface area contributed by atoms with Gasteiger partial charge in [-0.3, -0.25) is 4.79 Å². The molecule has 0 spiro atoms. The zero-order chi connectivity index (χ0) is 12.8. The van der Waals surface area contributed by atoms with Crippen molar-refractivity contribution in [3.63, 3.8) is 0 Å². The van der Waals surface area contributed by atoms with Crippen molar-refractivity contribution in [3.05, 3.63) is 24.0 Å². The van der Waals surface area contributed by atoms with Gasteiger partial charge in [0, 0.05) is 12.7 Å². The van der Waals surface area contributed by atoms with E-state index in [9.17, 15) is 4.79 Å². The number of carboxylic acid groups (broad SMARTS) is 1. The third-order valence-corrected chi connectivity index (χ3v) is 2.14. The van der Waals surface area contributed by atoms with Gasteiger partial charge >= 0.3 is 5.97 Å². The molecule has 90 valence electrons. The van der Waals surface area contributed by atoms with Crippen LogP contribution in [0, 0.1) is 17.2 Å². The molecule has 0 unspecified atom stereocenters. The maximum Gasteiger partial charge on any atom is 0.323 e. The van der Waals surface area contributed by atoms with Gasteiger partial charge in [-0.15, -0.1) is 0 Å². The van der Waals surface area contributed by atoms with Crippen LogP contribution in [-0.4, -0.2) is 29.1 Å². The number of nitrogens with zero attached hydrogens (tertiary/aromatic N) is 3. The van der Waals surface area contributed by atoms with Gasteiger partial charge in [0.25, 0.3) is 0 Å². The Kier molecular flexibility index (Phi) is 4.46. The van der Waals surface area contributed by atoms with Crippen LogP contribution in [0.2, 0.25) is 0 Å². The van der Waals surface area contributed by atoms with Crippen LogP contribution in [0.25, 0.3) is 0 Å². The largest absolute Gasteiger partial charge is 0.480 e. The average Bonchev–Trinajstić information content (AvgIpc) is 2.27. The lowest BCUT2D eigenvalue weighted by atomic mass is 10.2. The predicted molar refractivity (Wildman–Crippen MR) is 63.6 cm³/mol. The minimum absolute atomic E-state index is 0.126. The molecule has 0 aliphatic heterocycles. The molecule has 0 amide bonds. The van der Waals surface area contributed by atoms with Crippen LogP contribution in [0.4, 0.5) is 5.69 Å². The van der Waals surface area contributed by atoms with E-state index >= 15 is 0 Å². The first-order chi connectivity index (χ1) is 8.04. The summed E-state index contributed by atoms with van der Waals surface area (Å²) < 4.78 is 0. The van der Waals surface area contributed by atoms with Crippen molar-refractivity contribution in [2.24, 2.45) is 5.92 Å². The van der Waals surface area contributed by atoms with Gasteiger partial charge in [0.05, 0.1) is 5.69 Å². The monoisotopic (exact) mass is 233 g/mol. The molecule has 1 heterocycles. The first-order valence-corrected chi connectivity index (χ1v) is 5.36. The minimum Gasteiger partial charge on any atom is -0.480 e. The summed E-state index contributed by atoms with van der Waals surface area (Å²) in [4.78, 5) is 16.4. The van der Waals surface area contributed by atoms with Gasteiger partial charge in [0.1, 0.15) is 12.6 Å². The normalized spacial score (nSPS) is 10.0. The van der Waals surface area contributed by atoms with Crippen LogP contribution in [0.3, 0.4) is 0 Å². The third-order valence-electron chi connectivity index (χ3n) is 2.14. The number of carboxylic acids is 1. The Balaban J connectivity index is 3.03. The first-order valence-electron chi connectivity index (χ1n) is 5.36. The van der Waals surface area contributed by atoms with Gasteiger partial charge < -0.3 is 10.0 Å². The highest BCUT2D eigenvalue weighted by atomic mass is 16.4. The van der Waals surface area contributed by atoms with E-state index in [4.69, 9.17) is 10.4 Å². The molecule has 1 aromatic heterocycles. The number of nitriles is 1. The summed E-state index contributed by atoms with van der Waals surface area (Å²) in [7, 11) is 0. The Bertz CT molecular complexity index is 438. The molecular formula is C12H15N3O2. The molecule has 1 aromatic rings. The molecule has 0 radical (unpaired) electrons. The molecule has 5 nitrogen and oxygen atoms in total. The van der Waals surface area contributed by atoms with Gasteiger partial charge in [-0.1, -0.05) is 13.8 Å². The summed E-state index contributed by atoms with van der Waals surface area (Å²) in [6.07, 6.45) is 1.52. The minimum atomic E-state index is -0.918. The molecule has 0 atom stereocenters. The molecule has 17 heavy (non-hydrogen) atoms. The molecule has 1 N–H and O–H groups in total. The second kappa shape index (κ2) is 5.85. The highest BCUT2D eigenvalue weighted by molar-refractivity contribution is 5.74. The van der Waals surface area contributed by atoms with Crippen LogP contribution in [-0.2, 0) is 4.79 Å². The standard InChI is InChI=1S/C12H15N3O2/c1-9(2)7-15(8-12(16)17)11-4-3-5-14-10(11)6-13/h3-5,9H,7-8H2,1-2H3,(H,16,17). The number of pyridine rings is 1. The van der Waals surface area contributed by atoms with Crippen molar-refractivity contribution in [3.8, 4) is 6.07 Å². The van der Waals surface area contributed by atoms with E-state index in [1.54, 1.807) is 17.0 Å². The molecule has 0 saturated carbocycles. The van der Waals surface area contributed by atoms with E-state index in [-0.39, 0.29) is 12.2 Å². The summed E-state index contributed by atoms with van der Waals surface area (Å²) >= 11 is 0. The number of hydrogen-bond acceptors (Lipinski definition) is 4. The molecule has 0 aliphatic carbocycles. The summed E-state index contributed by atoms with van der Waals surface area (Å²) in [5.41, 5.74) is 0.834. The highest BCUT2D eigenvalue weighted by Gasteiger charge is 2.15. The van der Waals surface area contributed by atoms with Crippen LogP contribution < -0.4 is 4.90 Å². The number of rotatable bonds is 5. The second-order valence-corrected chi connectivity index (χ2v) is 4.15. The van der Waals surface area contributed by atoms with Crippen LogP contribution in [0.1, 0.15) is 19.5 Å². The predicted octanol–water partition coefficient (Wildman–Crippen LogP) is 1.50. The summed E-state index contributed by atoms with van der Waals surface area (Å²) in [5, 5.41) is 17.8. The van der Waals surface area contributed by atoms with Crippen molar-refractivity contribution in [1.82, 2.24) is 4.98 Å². The molecule has 1 rings (SSSR count). The first kappa shape index (κ1) is 13.0. The molecule has 0 fully saturated rings. The fourth-order valence-electron chi connectivity index (χ4n) is 1.59. The lowest BCUT2D eigenvalue weighted by Gasteiger charge is -2.25. The maximum absolute atomic E-state index is 10.8. The van der Waals surface area contributed by atoms with Crippen molar-refractivity contribution in [1.29, 1.82) is 5.26 Å². The van der Waals surface area contributed by atoms with Crippen LogP contribution >= 0.6 is 0 Å². The molecule has 0 bridgehead atoms. The third kappa shape index (κ3) is 3.76. The molecule has 0 saturated heterocycles. The fourth-order valence-corrected chi connectivity index (χ4v) is 1.59. The van der Waals surface area contributed by atoms with Gasteiger partial charge in [-0.25, -0.2) is 4.98 Å². The molecule has 5 heteroatoms. The van der Waals surface area contributed by atoms with Gasteiger partial charge in [-0.05, 0) is 18.1 Å². The number of aromatic nitrogens is 1. The lowest BCUT2D eigenvalue weighted by Crippen LogP contribution is -2.33. The topological polar surface area (TPSA) is 77.2 Å². The molecule has 0 aliphatic rings. The molecule has 0 aromatic carbocycles. The van der Waals surface area contributed by atoms with E-state index in [0.29, 0.717) is 18.2 Å². The quantitative estimate of drug-likeness (QED) is 0.833. The lowest BCUT2D eigenvalue weighted by molar-refractivity contribution is -0.135. The van der Waals surface area contributed by atoms with Gasteiger partial charge in [0.15, 0.2) is 5.69 Å². The molecular weight excluding hydrogens is 218 g/mol. The zero-order valence-corrected chi connectivity index (χ0v) is 9.92. The van der Waals surface area contributed by atoms with Crippen molar-refractivity contribution >= 4 is 11.7 Å². The number of anilines is 1. The van der Waals surface area contributed by atoms with Gasteiger partial charge in [0.2, 0.25) is 0 Å². The smallest absolute Gasteiger partial charge is 0.323 e.